The Hall–Kier alpha value is -0.690. The zero-order valence-corrected chi connectivity index (χ0v) is 21.8. The van der Waals surface area contributed by atoms with E-state index in [2.05, 4.69) is 72.8 Å². The van der Waals surface area contributed by atoms with Crippen molar-refractivity contribution in [2.24, 2.45) is 5.92 Å². The monoisotopic (exact) mass is 526 g/mol. The summed E-state index contributed by atoms with van der Waals surface area (Å²) >= 11 is -1.13. The van der Waals surface area contributed by atoms with Crippen LogP contribution < -0.4 is 0 Å². The average Bonchev–Trinajstić information content (AvgIpc) is 3.24. The van der Waals surface area contributed by atoms with Crippen molar-refractivity contribution in [3.05, 3.63) is 62.8 Å². The van der Waals surface area contributed by atoms with Gasteiger partial charge in [0, 0.05) is 0 Å². The van der Waals surface area contributed by atoms with Crippen molar-refractivity contribution in [1.29, 1.82) is 0 Å². The van der Waals surface area contributed by atoms with Crippen LogP contribution in [0.15, 0.2) is 40.5 Å². The number of aryl methyl sites for hydroxylation is 2. The predicted molar refractivity (Wildman–Crippen MR) is 114 cm³/mol. The summed E-state index contributed by atoms with van der Waals surface area (Å²) in [6.45, 7) is 17.0. The molecular formula is C26H34Hf+2. The van der Waals surface area contributed by atoms with Crippen molar-refractivity contribution in [1.82, 2.24) is 0 Å². The van der Waals surface area contributed by atoms with Gasteiger partial charge in [-0.2, -0.15) is 0 Å². The van der Waals surface area contributed by atoms with Crippen molar-refractivity contribution in [2.75, 3.05) is 0 Å². The summed E-state index contributed by atoms with van der Waals surface area (Å²) in [6, 6.07) is 5.18. The molecule has 3 aliphatic carbocycles. The van der Waals surface area contributed by atoms with E-state index in [9.17, 15) is 0 Å². The van der Waals surface area contributed by atoms with Gasteiger partial charge in [-0.05, 0) is 0 Å². The second-order valence-electron chi connectivity index (χ2n) is 9.71. The Balaban J connectivity index is 1.83. The van der Waals surface area contributed by atoms with E-state index >= 15 is 0 Å². The molecule has 140 valence electrons. The molecule has 4 rings (SSSR count). The van der Waals surface area contributed by atoms with Crippen LogP contribution in [0, 0.1) is 5.92 Å². The summed E-state index contributed by atoms with van der Waals surface area (Å²) in [6.07, 6.45) is 10.4. The molecule has 1 aromatic rings. The SMILES string of the molecule is CC1=C(C)[C](C)([Hf+2][C]2(CC(C)C)C=Cc3cc4c(cc32)CCC4)C(C)=C1C. The number of hydrogen-bond acceptors (Lipinski definition) is 0. The van der Waals surface area contributed by atoms with E-state index in [1.165, 1.54) is 25.7 Å². The van der Waals surface area contributed by atoms with Gasteiger partial charge in [0.1, 0.15) is 0 Å². The summed E-state index contributed by atoms with van der Waals surface area (Å²) in [5.41, 5.74) is 13.0. The van der Waals surface area contributed by atoms with Gasteiger partial charge in [-0.3, -0.25) is 0 Å². The third-order valence-corrected chi connectivity index (χ3v) is 16.1. The van der Waals surface area contributed by atoms with Crippen LogP contribution in [0.2, 0.25) is 3.17 Å². The van der Waals surface area contributed by atoms with Crippen molar-refractivity contribution < 1.29 is 22.9 Å². The van der Waals surface area contributed by atoms with Crippen LogP contribution in [0.4, 0.5) is 0 Å². The van der Waals surface area contributed by atoms with Crippen molar-refractivity contribution >= 4 is 6.08 Å². The average molecular weight is 525 g/mol. The van der Waals surface area contributed by atoms with E-state index in [0.29, 0.717) is 6.34 Å². The Morgan fingerprint density at radius 1 is 0.963 bits per heavy atom. The van der Waals surface area contributed by atoms with E-state index in [0.717, 1.165) is 5.92 Å². The van der Waals surface area contributed by atoms with E-state index in [-0.39, 0.29) is 0 Å². The molecular weight excluding hydrogens is 491 g/mol. The fourth-order valence-corrected chi connectivity index (χ4v) is 15.3. The summed E-state index contributed by atoms with van der Waals surface area (Å²) < 4.78 is 0.733. The van der Waals surface area contributed by atoms with Crippen LogP contribution >= 0.6 is 0 Å². The number of fused-ring (bicyclic) bond motifs is 2. The Bertz CT molecular complexity index is 869. The van der Waals surface area contributed by atoms with Crippen molar-refractivity contribution in [2.45, 2.75) is 80.5 Å². The molecule has 1 atom stereocenters. The third-order valence-electron chi connectivity index (χ3n) is 7.68. The fraction of sp³-hybridized carbons (Fsp3) is 0.538. The molecule has 0 aromatic heterocycles. The maximum atomic E-state index is 2.66. The minimum atomic E-state index is -1.13. The van der Waals surface area contributed by atoms with Crippen molar-refractivity contribution in [3.8, 4) is 0 Å². The van der Waals surface area contributed by atoms with Crippen LogP contribution in [-0.2, 0) is 38.9 Å². The molecule has 0 saturated carbocycles. The second-order valence-corrected chi connectivity index (χ2v) is 17.4. The van der Waals surface area contributed by atoms with Crippen LogP contribution in [0.5, 0.6) is 0 Å². The summed E-state index contributed by atoms with van der Waals surface area (Å²) in [7, 11) is 0. The molecule has 27 heavy (non-hydrogen) atoms. The topological polar surface area (TPSA) is 0 Å². The van der Waals surface area contributed by atoms with E-state index in [4.69, 9.17) is 0 Å². The first-order chi connectivity index (χ1) is 12.7. The molecule has 0 radical (unpaired) electrons. The standard InChI is InChI=1S/C16H19.C10H15.Hf/c1-11(2)8-14-6-7-15-9-12-4-3-5-13(12)10-16(14)15;1-6-7(2)9(4)10(5)8(6)3;/h6-7,9-11H,3-5,8H2,1-2H3;1-5H3;/q;;+2. The van der Waals surface area contributed by atoms with Gasteiger partial charge in [-0.25, -0.2) is 0 Å². The number of hydrogen-bond donors (Lipinski definition) is 0. The summed E-state index contributed by atoms with van der Waals surface area (Å²) in [5, 5.41) is 0. The molecule has 0 nitrogen and oxygen atoms in total. The van der Waals surface area contributed by atoms with Gasteiger partial charge in [0.25, 0.3) is 0 Å². The molecule has 0 fully saturated rings. The van der Waals surface area contributed by atoms with Gasteiger partial charge in [-0.1, -0.05) is 0 Å². The van der Waals surface area contributed by atoms with Crippen LogP contribution in [-0.4, -0.2) is 0 Å². The number of allylic oxidation sites excluding steroid dienone is 5. The number of benzene rings is 1. The Morgan fingerprint density at radius 2 is 1.56 bits per heavy atom. The van der Waals surface area contributed by atoms with Crippen LogP contribution in [0.3, 0.4) is 0 Å². The molecule has 0 N–H and O–H groups in total. The Kier molecular flexibility index (Phi) is 4.86. The third kappa shape index (κ3) is 2.95. The minimum absolute atomic E-state index is 0.364. The van der Waals surface area contributed by atoms with Crippen LogP contribution in [0.1, 0.15) is 83.6 Å². The normalized spacial score (nSPS) is 25.5. The van der Waals surface area contributed by atoms with E-state index in [1.807, 2.05) is 0 Å². The number of rotatable bonds is 4. The first-order valence-electron chi connectivity index (χ1n) is 10.7. The van der Waals surface area contributed by atoms with Gasteiger partial charge in [-0.15, -0.1) is 0 Å². The molecule has 3 aliphatic rings. The van der Waals surface area contributed by atoms with Crippen molar-refractivity contribution in [3.63, 3.8) is 0 Å². The summed E-state index contributed by atoms with van der Waals surface area (Å²) in [4.78, 5) is 0. The first kappa shape index (κ1) is 19.6. The summed E-state index contributed by atoms with van der Waals surface area (Å²) in [5.74, 6) is 0.738. The van der Waals surface area contributed by atoms with Gasteiger partial charge in [0.15, 0.2) is 0 Å². The van der Waals surface area contributed by atoms with Gasteiger partial charge < -0.3 is 0 Å². The zero-order chi connectivity index (χ0) is 19.6. The van der Waals surface area contributed by atoms with Gasteiger partial charge >= 0.3 is 178 Å². The molecule has 0 heterocycles. The molecule has 0 saturated heterocycles. The fourth-order valence-electron chi connectivity index (χ4n) is 5.70. The van der Waals surface area contributed by atoms with Gasteiger partial charge in [0.2, 0.25) is 0 Å². The zero-order valence-electron chi connectivity index (χ0n) is 18.2. The second kappa shape index (κ2) is 6.68. The molecule has 1 unspecified atom stereocenters. The van der Waals surface area contributed by atoms with E-state index in [1.54, 1.807) is 44.5 Å². The maximum absolute atomic E-state index is 2.66. The molecule has 0 bridgehead atoms. The van der Waals surface area contributed by atoms with Crippen LogP contribution in [0.25, 0.3) is 6.08 Å². The first-order valence-corrected chi connectivity index (χ1v) is 14.3. The molecule has 1 heteroatoms. The predicted octanol–water partition coefficient (Wildman–Crippen LogP) is 7.39. The Morgan fingerprint density at radius 3 is 2.15 bits per heavy atom. The molecule has 1 aromatic carbocycles. The molecule has 0 aliphatic heterocycles. The van der Waals surface area contributed by atoms with E-state index < -0.39 is 22.9 Å². The van der Waals surface area contributed by atoms with Gasteiger partial charge in [0.05, 0.1) is 0 Å². The quantitative estimate of drug-likeness (QED) is 0.360. The molecule has 0 amide bonds. The Labute approximate surface area is 177 Å². The molecule has 0 spiro atoms.